The maximum Gasteiger partial charge on any atom is 0.336 e. The number of halogens is 1. The van der Waals surface area contributed by atoms with Gasteiger partial charge in [0.25, 0.3) is 0 Å². The first-order chi connectivity index (χ1) is 14.1. The molecule has 8 heteroatoms. The van der Waals surface area contributed by atoms with Crippen LogP contribution in [0.3, 0.4) is 0 Å². The fraction of sp³-hybridized carbons (Fsp3) is 0.182. The summed E-state index contributed by atoms with van der Waals surface area (Å²) in [4.78, 5) is 24.4. The summed E-state index contributed by atoms with van der Waals surface area (Å²) in [5.74, 6) is -0.969. The number of esters is 1. The third-order valence-electron chi connectivity index (χ3n) is 4.27. The van der Waals surface area contributed by atoms with Crippen LogP contribution in [0, 0.1) is 6.92 Å². The van der Waals surface area contributed by atoms with E-state index in [-0.39, 0.29) is 17.1 Å². The molecule has 0 unspecified atom stereocenters. The van der Waals surface area contributed by atoms with Gasteiger partial charge < -0.3 is 4.74 Å². The average Bonchev–Trinajstić information content (AvgIpc) is 2.72. The van der Waals surface area contributed by atoms with Crippen LogP contribution in [0.5, 0.6) is 0 Å². The molecular formula is C22H22ClNO5S. The van der Waals surface area contributed by atoms with Crippen molar-refractivity contribution in [2.24, 2.45) is 0 Å². The number of aryl methyl sites for hydroxylation is 1. The first kappa shape index (κ1) is 23.5. The number of rotatable bonds is 9. The summed E-state index contributed by atoms with van der Waals surface area (Å²) >= 11 is 5.88. The smallest absolute Gasteiger partial charge is 0.336 e. The van der Waals surface area contributed by atoms with E-state index in [1.165, 1.54) is 24.3 Å². The number of sulfonamides is 1. The van der Waals surface area contributed by atoms with Gasteiger partial charge in [-0.05, 0) is 49.8 Å². The second kappa shape index (κ2) is 9.84. The molecule has 158 valence electrons. The molecule has 0 saturated heterocycles. The minimum Gasteiger partial charge on any atom is -0.464 e. The van der Waals surface area contributed by atoms with Gasteiger partial charge in [0.05, 0.1) is 11.5 Å². The maximum absolute atomic E-state index is 13.0. The number of ether oxygens (including phenoxy) is 1. The normalized spacial score (nSPS) is 13.6. The summed E-state index contributed by atoms with van der Waals surface area (Å²) in [5, 5.41) is 0.515. The lowest BCUT2D eigenvalue weighted by Crippen LogP contribution is -2.55. The van der Waals surface area contributed by atoms with E-state index < -0.39 is 21.5 Å². The highest BCUT2D eigenvalue weighted by Gasteiger charge is 2.44. The van der Waals surface area contributed by atoms with Crippen molar-refractivity contribution in [1.29, 1.82) is 0 Å². The second-order valence-corrected chi connectivity index (χ2v) is 8.59. The van der Waals surface area contributed by atoms with Gasteiger partial charge in [-0.2, -0.15) is 4.72 Å². The number of carbonyl (C=O) groups is 2. The van der Waals surface area contributed by atoms with E-state index in [4.69, 9.17) is 16.3 Å². The van der Waals surface area contributed by atoms with Crippen molar-refractivity contribution in [3.8, 4) is 0 Å². The van der Waals surface area contributed by atoms with Gasteiger partial charge >= 0.3 is 5.97 Å². The molecule has 0 saturated carbocycles. The van der Waals surface area contributed by atoms with Crippen molar-refractivity contribution >= 4 is 40.0 Å². The summed E-state index contributed by atoms with van der Waals surface area (Å²) in [6.07, 6.45) is 3.05. The summed E-state index contributed by atoms with van der Waals surface area (Å²) in [7, 11) is -4.21. The molecule has 1 atom stereocenters. The predicted molar refractivity (Wildman–Crippen MR) is 117 cm³/mol. The van der Waals surface area contributed by atoms with Crippen molar-refractivity contribution in [2.75, 3.05) is 6.61 Å². The van der Waals surface area contributed by atoms with Crippen molar-refractivity contribution < 1.29 is 22.7 Å². The van der Waals surface area contributed by atoms with E-state index >= 15 is 0 Å². The summed E-state index contributed by atoms with van der Waals surface area (Å²) in [6, 6.07) is 12.7. The number of aldehydes is 1. The van der Waals surface area contributed by atoms with Crippen molar-refractivity contribution in [2.45, 2.75) is 24.3 Å². The van der Waals surface area contributed by atoms with Crippen molar-refractivity contribution in [3.05, 3.63) is 82.9 Å². The van der Waals surface area contributed by atoms with Gasteiger partial charge in [0, 0.05) is 10.6 Å². The lowest BCUT2D eigenvalue weighted by atomic mass is 9.91. The van der Waals surface area contributed by atoms with E-state index in [0.717, 1.165) is 5.56 Å². The van der Waals surface area contributed by atoms with Crippen molar-refractivity contribution in [1.82, 2.24) is 4.72 Å². The van der Waals surface area contributed by atoms with E-state index in [1.54, 1.807) is 43.3 Å². The van der Waals surface area contributed by atoms with Crippen LogP contribution >= 0.6 is 11.6 Å². The molecule has 0 aliphatic carbocycles. The second-order valence-electron chi connectivity index (χ2n) is 6.48. The molecule has 2 aromatic carbocycles. The van der Waals surface area contributed by atoms with Crippen LogP contribution in [-0.2, 0) is 24.3 Å². The number of carbonyl (C=O) groups excluding carboxylic acids is 2. The van der Waals surface area contributed by atoms with Crippen molar-refractivity contribution in [3.63, 3.8) is 0 Å². The number of hydrogen-bond donors (Lipinski definition) is 1. The summed E-state index contributed by atoms with van der Waals surface area (Å²) in [6.45, 7) is 6.97. The fourth-order valence-corrected chi connectivity index (χ4v) is 4.01. The molecule has 0 aromatic heterocycles. The highest BCUT2D eigenvalue weighted by Crippen LogP contribution is 2.24. The van der Waals surface area contributed by atoms with Crippen LogP contribution in [0.25, 0.3) is 6.08 Å². The minimum atomic E-state index is -4.21. The Bertz CT molecular complexity index is 1060. The highest BCUT2D eigenvalue weighted by atomic mass is 35.5. The minimum absolute atomic E-state index is 0.0201. The largest absolute Gasteiger partial charge is 0.464 e. The summed E-state index contributed by atoms with van der Waals surface area (Å²) < 4.78 is 33.4. The van der Waals surface area contributed by atoms with Gasteiger partial charge in [0.15, 0.2) is 5.54 Å². The Morgan fingerprint density at radius 3 is 2.30 bits per heavy atom. The predicted octanol–water partition coefficient (Wildman–Crippen LogP) is 3.70. The monoisotopic (exact) mass is 447 g/mol. The summed E-state index contributed by atoms with van der Waals surface area (Å²) in [5.41, 5.74) is -0.949. The van der Waals surface area contributed by atoms with E-state index in [1.807, 2.05) is 6.92 Å². The first-order valence-corrected chi connectivity index (χ1v) is 10.9. The number of nitrogens with one attached hydrogen (secondary N) is 1. The molecule has 0 fully saturated rings. The van der Waals surface area contributed by atoms with Crippen LogP contribution < -0.4 is 4.72 Å². The molecule has 0 bridgehead atoms. The van der Waals surface area contributed by atoms with Gasteiger partial charge in [-0.3, -0.25) is 4.79 Å². The zero-order chi connectivity index (χ0) is 22.4. The standard InChI is InChI=1S/C22H22ClNO5S/c1-4-29-21(26)22(17(3)15-25,14-13-18-7-9-19(23)10-8-18)24-30(27,28)20-11-5-16(2)6-12-20/h5-15,24H,3-4H2,1-2H3/b14-13+/t22-/m0/s1. The van der Waals surface area contributed by atoms with Crippen LogP contribution in [0.2, 0.25) is 5.02 Å². The molecule has 1 N–H and O–H groups in total. The number of hydrogen-bond acceptors (Lipinski definition) is 5. The topological polar surface area (TPSA) is 89.5 Å². The van der Waals surface area contributed by atoms with Gasteiger partial charge in [-0.1, -0.05) is 54.1 Å². The Kier molecular flexibility index (Phi) is 7.72. The molecule has 0 spiro atoms. The SMILES string of the molecule is C=C(C=O)[C@](/C=C/c1ccc(Cl)cc1)(NS(=O)(=O)c1ccc(C)cc1)C(=O)OCC. The molecular weight excluding hydrogens is 426 g/mol. The molecule has 0 aliphatic rings. The van der Waals surface area contributed by atoms with Gasteiger partial charge in [-0.15, -0.1) is 0 Å². The Labute approximate surface area is 181 Å². The quantitative estimate of drug-likeness (QED) is 0.359. The van der Waals surface area contributed by atoms with Gasteiger partial charge in [0.2, 0.25) is 10.0 Å². The molecule has 0 aliphatic heterocycles. The third kappa shape index (κ3) is 5.44. The van der Waals surface area contributed by atoms with Gasteiger partial charge in [-0.25, -0.2) is 13.2 Å². The zero-order valence-electron chi connectivity index (χ0n) is 16.6. The number of benzene rings is 2. The fourth-order valence-electron chi connectivity index (χ4n) is 2.57. The van der Waals surface area contributed by atoms with Crippen LogP contribution in [-0.4, -0.2) is 32.8 Å². The Morgan fingerprint density at radius 1 is 1.17 bits per heavy atom. The van der Waals surface area contributed by atoms with Crippen LogP contribution in [0.1, 0.15) is 18.1 Å². The molecule has 2 aromatic rings. The van der Waals surface area contributed by atoms with E-state index in [9.17, 15) is 18.0 Å². The van der Waals surface area contributed by atoms with Crippen LogP contribution in [0.15, 0.2) is 71.7 Å². The Hall–Kier alpha value is -2.74. The molecule has 0 amide bonds. The highest BCUT2D eigenvalue weighted by molar-refractivity contribution is 7.89. The Morgan fingerprint density at radius 2 is 1.77 bits per heavy atom. The molecule has 30 heavy (non-hydrogen) atoms. The molecule has 6 nitrogen and oxygen atoms in total. The maximum atomic E-state index is 13.0. The lowest BCUT2D eigenvalue weighted by molar-refractivity contribution is -0.147. The first-order valence-electron chi connectivity index (χ1n) is 9.02. The average molecular weight is 448 g/mol. The molecule has 2 rings (SSSR count). The molecule has 0 radical (unpaired) electrons. The lowest BCUT2D eigenvalue weighted by Gasteiger charge is -2.29. The Balaban J connectivity index is 2.59. The zero-order valence-corrected chi connectivity index (χ0v) is 18.2. The van der Waals surface area contributed by atoms with E-state index in [0.29, 0.717) is 16.9 Å². The molecule has 0 heterocycles. The third-order valence-corrected chi connectivity index (χ3v) is 6.00. The van der Waals surface area contributed by atoms with E-state index in [2.05, 4.69) is 11.3 Å². The van der Waals surface area contributed by atoms with Gasteiger partial charge in [0.1, 0.15) is 6.29 Å². The van der Waals surface area contributed by atoms with Crippen LogP contribution in [0.4, 0.5) is 0 Å².